The summed E-state index contributed by atoms with van der Waals surface area (Å²) in [4.78, 5) is 6.59. The van der Waals surface area contributed by atoms with Gasteiger partial charge in [-0.1, -0.05) is 13.8 Å². The van der Waals surface area contributed by atoms with Crippen LogP contribution in [0.4, 0.5) is 5.82 Å². The Morgan fingerprint density at radius 2 is 2.00 bits per heavy atom. The molecule has 2 atom stereocenters. The normalized spacial score (nSPS) is 25.3. The lowest BCUT2D eigenvalue weighted by atomic mass is 10.0. The van der Waals surface area contributed by atoms with Crippen LogP contribution < -0.4 is 4.90 Å². The van der Waals surface area contributed by atoms with Crippen molar-refractivity contribution in [2.24, 2.45) is 11.8 Å². The highest BCUT2D eigenvalue weighted by Crippen LogP contribution is 2.26. The number of pyridine rings is 1. The van der Waals surface area contributed by atoms with Crippen LogP contribution in [0, 0.1) is 23.2 Å². The third-order valence-electron chi connectivity index (χ3n) is 3.19. The molecule has 0 aromatic carbocycles. The van der Waals surface area contributed by atoms with E-state index in [1.165, 1.54) is 0 Å². The number of aromatic nitrogens is 1. The molecule has 0 bridgehead atoms. The van der Waals surface area contributed by atoms with Crippen molar-refractivity contribution in [2.45, 2.75) is 13.8 Å². The maximum Gasteiger partial charge on any atom is 0.128 e. The van der Waals surface area contributed by atoms with Crippen molar-refractivity contribution in [3.8, 4) is 6.07 Å². The van der Waals surface area contributed by atoms with Crippen molar-refractivity contribution >= 4 is 5.82 Å². The Labute approximate surface area is 90.4 Å². The molecule has 0 saturated carbocycles. The quantitative estimate of drug-likeness (QED) is 0.698. The van der Waals surface area contributed by atoms with E-state index in [1.54, 1.807) is 6.20 Å². The molecule has 15 heavy (non-hydrogen) atoms. The second kappa shape index (κ2) is 3.90. The van der Waals surface area contributed by atoms with Crippen molar-refractivity contribution in [1.29, 1.82) is 5.26 Å². The summed E-state index contributed by atoms with van der Waals surface area (Å²) in [7, 11) is 0. The van der Waals surface area contributed by atoms with E-state index < -0.39 is 0 Å². The first-order valence-electron chi connectivity index (χ1n) is 5.32. The number of nitrogens with zero attached hydrogens (tertiary/aromatic N) is 3. The van der Waals surface area contributed by atoms with Crippen LogP contribution in [0.15, 0.2) is 18.3 Å². The predicted molar refractivity (Wildman–Crippen MR) is 59.5 cm³/mol. The second-order valence-corrected chi connectivity index (χ2v) is 4.38. The molecule has 1 aromatic heterocycles. The van der Waals surface area contributed by atoms with Gasteiger partial charge in [0, 0.05) is 19.3 Å². The third-order valence-corrected chi connectivity index (χ3v) is 3.19. The number of hydrogen-bond acceptors (Lipinski definition) is 3. The first-order chi connectivity index (χ1) is 7.20. The summed E-state index contributed by atoms with van der Waals surface area (Å²) >= 11 is 0. The Kier molecular flexibility index (Phi) is 2.59. The van der Waals surface area contributed by atoms with E-state index in [2.05, 4.69) is 29.8 Å². The van der Waals surface area contributed by atoms with E-state index in [0.717, 1.165) is 30.7 Å². The molecule has 2 rings (SSSR count). The molecule has 0 spiro atoms. The van der Waals surface area contributed by atoms with Crippen molar-refractivity contribution in [2.75, 3.05) is 18.0 Å². The summed E-state index contributed by atoms with van der Waals surface area (Å²) in [6.07, 6.45) is 1.64. The van der Waals surface area contributed by atoms with Gasteiger partial charge in [0.25, 0.3) is 0 Å². The summed E-state index contributed by atoms with van der Waals surface area (Å²) in [5, 5.41) is 8.67. The van der Waals surface area contributed by atoms with Crippen LogP contribution >= 0.6 is 0 Å². The van der Waals surface area contributed by atoms with Crippen molar-refractivity contribution < 1.29 is 0 Å². The van der Waals surface area contributed by atoms with Gasteiger partial charge in [0.1, 0.15) is 11.9 Å². The van der Waals surface area contributed by atoms with Gasteiger partial charge in [-0.3, -0.25) is 0 Å². The zero-order valence-electron chi connectivity index (χ0n) is 9.14. The van der Waals surface area contributed by atoms with Crippen molar-refractivity contribution in [1.82, 2.24) is 4.98 Å². The van der Waals surface area contributed by atoms with Gasteiger partial charge < -0.3 is 4.90 Å². The number of rotatable bonds is 1. The Hall–Kier alpha value is -1.56. The van der Waals surface area contributed by atoms with Crippen LogP contribution in [0.25, 0.3) is 0 Å². The molecule has 0 N–H and O–H groups in total. The summed E-state index contributed by atoms with van der Waals surface area (Å²) < 4.78 is 0. The van der Waals surface area contributed by atoms with Gasteiger partial charge in [-0.05, 0) is 24.0 Å². The molecule has 0 radical (unpaired) electrons. The maximum atomic E-state index is 8.67. The Morgan fingerprint density at radius 1 is 1.33 bits per heavy atom. The first-order valence-corrected chi connectivity index (χ1v) is 5.32. The van der Waals surface area contributed by atoms with E-state index in [4.69, 9.17) is 5.26 Å². The van der Waals surface area contributed by atoms with Crippen LogP contribution in [0.1, 0.15) is 19.4 Å². The SMILES string of the molecule is CC1CN(c2ccc(C#N)cn2)CC1C. The van der Waals surface area contributed by atoms with Crippen LogP contribution in [-0.4, -0.2) is 18.1 Å². The van der Waals surface area contributed by atoms with Gasteiger partial charge in [0.2, 0.25) is 0 Å². The van der Waals surface area contributed by atoms with Gasteiger partial charge in [-0.15, -0.1) is 0 Å². The molecule has 3 nitrogen and oxygen atoms in total. The minimum absolute atomic E-state index is 0.624. The standard InChI is InChI=1S/C12H15N3/c1-9-7-15(8-10(9)2)12-4-3-11(5-13)6-14-12/h3-4,6,9-10H,7-8H2,1-2H3. The van der Waals surface area contributed by atoms with Gasteiger partial charge in [0.15, 0.2) is 0 Å². The molecule has 1 aromatic rings. The largest absolute Gasteiger partial charge is 0.356 e. The minimum atomic E-state index is 0.624. The first kappa shape index (κ1) is 9.97. The lowest BCUT2D eigenvalue weighted by Gasteiger charge is -2.16. The maximum absolute atomic E-state index is 8.67. The molecule has 78 valence electrons. The van der Waals surface area contributed by atoms with E-state index in [1.807, 2.05) is 12.1 Å². The molecule has 2 heterocycles. The number of hydrogen-bond donors (Lipinski definition) is 0. The molecule has 2 unspecified atom stereocenters. The average Bonchev–Trinajstić information content (AvgIpc) is 2.59. The van der Waals surface area contributed by atoms with Gasteiger partial charge >= 0.3 is 0 Å². The molecule has 1 saturated heterocycles. The molecule has 3 heteroatoms. The Morgan fingerprint density at radius 3 is 2.47 bits per heavy atom. The molecule has 0 amide bonds. The molecule has 1 aliphatic heterocycles. The topological polar surface area (TPSA) is 39.9 Å². The van der Waals surface area contributed by atoms with Gasteiger partial charge in [-0.25, -0.2) is 4.98 Å². The number of nitriles is 1. The molecule has 0 aliphatic carbocycles. The van der Waals surface area contributed by atoms with Crippen molar-refractivity contribution in [3.63, 3.8) is 0 Å². The highest BCUT2D eigenvalue weighted by Gasteiger charge is 2.26. The van der Waals surface area contributed by atoms with Crippen LogP contribution in [-0.2, 0) is 0 Å². The fraction of sp³-hybridized carbons (Fsp3) is 0.500. The Bertz CT molecular complexity index is 367. The van der Waals surface area contributed by atoms with Gasteiger partial charge in [0.05, 0.1) is 5.56 Å². The predicted octanol–water partition coefficient (Wildman–Crippen LogP) is 2.05. The summed E-state index contributed by atoms with van der Waals surface area (Å²) in [6.45, 7) is 6.68. The average molecular weight is 201 g/mol. The molecule has 1 fully saturated rings. The molecular weight excluding hydrogens is 186 g/mol. The highest BCUT2D eigenvalue weighted by molar-refractivity contribution is 5.42. The van der Waals surface area contributed by atoms with E-state index >= 15 is 0 Å². The Balaban J connectivity index is 2.14. The summed E-state index contributed by atoms with van der Waals surface area (Å²) in [5.41, 5.74) is 0.624. The fourth-order valence-electron chi connectivity index (χ4n) is 1.96. The number of anilines is 1. The minimum Gasteiger partial charge on any atom is -0.356 e. The van der Waals surface area contributed by atoms with Gasteiger partial charge in [-0.2, -0.15) is 5.26 Å². The third kappa shape index (κ3) is 1.94. The van der Waals surface area contributed by atoms with Crippen LogP contribution in [0.2, 0.25) is 0 Å². The smallest absolute Gasteiger partial charge is 0.128 e. The van der Waals surface area contributed by atoms with Crippen molar-refractivity contribution in [3.05, 3.63) is 23.9 Å². The fourth-order valence-corrected chi connectivity index (χ4v) is 1.96. The van der Waals surface area contributed by atoms with Crippen LogP contribution in [0.3, 0.4) is 0 Å². The monoisotopic (exact) mass is 201 g/mol. The summed E-state index contributed by atoms with van der Waals surface area (Å²) in [5.74, 6) is 2.44. The zero-order valence-corrected chi connectivity index (χ0v) is 9.14. The zero-order chi connectivity index (χ0) is 10.8. The second-order valence-electron chi connectivity index (χ2n) is 4.38. The lowest BCUT2D eigenvalue weighted by molar-refractivity contribution is 0.494. The highest BCUT2D eigenvalue weighted by atomic mass is 15.2. The summed E-state index contributed by atoms with van der Waals surface area (Å²) in [6, 6.07) is 5.84. The van der Waals surface area contributed by atoms with E-state index in [9.17, 15) is 0 Å². The lowest BCUT2D eigenvalue weighted by Crippen LogP contribution is -2.20. The molecule has 1 aliphatic rings. The van der Waals surface area contributed by atoms with E-state index in [-0.39, 0.29) is 0 Å². The van der Waals surface area contributed by atoms with E-state index in [0.29, 0.717) is 5.56 Å². The molecular formula is C12H15N3. The van der Waals surface area contributed by atoms with Crippen LogP contribution in [0.5, 0.6) is 0 Å².